The molecule has 0 spiro atoms. The summed E-state index contributed by atoms with van der Waals surface area (Å²) in [6, 6.07) is 28.6. The molecule has 1 fully saturated rings. The largest absolute Gasteiger partial charge is 0.497 e. The van der Waals surface area contributed by atoms with E-state index in [-0.39, 0.29) is 5.41 Å². The normalized spacial score (nSPS) is 22.6. The van der Waals surface area contributed by atoms with Gasteiger partial charge in [0, 0.05) is 35.1 Å². The zero-order chi connectivity index (χ0) is 22.3. The predicted molar refractivity (Wildman–Crippen MR) is 135 cm³/mol. The lowest BCUT2D eigenvalue weighted by atomic mass is 9.58. The first kappa shape index (κ1) is 20.6. The molecule has 0 saturated carbocycles. The second kappa shape index (κ2) is 8.39. The third-order valence-electron chi connectivity index (χ3n) is 8.18. The minimum Gasteiger partial charge on any atom is -0.497 e. The molecule has 168 valence electrons. The van der Waals surface area contributed by atoms with Crippen LogP contribution in [0.15, 0.2) is 78.9 Å². The smallest absolute Gasteiger partial charge is 0.119 e. The summed E-state index contributed by atoms with van der Waals surface area (Å²) in [5.74, 6) is 1.57. The van der Waals surface area contributed by atoms with Gasteiger partial charge in [0.2, 0.25) is 0 Å². The first-order valence-corrected chi connectivity index (χ1v) is 12.2. The van der Waals surface area contributed by atoms with Crippen molar-refractivity contribution in [2.45, 2.75) is 31.1 Å². The van der Waals surface area contributed by atoms with Crippen LogP contribution in [-0.2, 0) is 24.7 Å². The Kier molecular flexibility index (Phi) is 5.22. The minimum absolute atomic E-state index is 0.158. The number of benzene rings is 3. The van der Waals surface area contributed by atoms with Gasteiger partial charge in [0.25, 0.3) is 0 Å². The SMILES string of the molecule is COc1cccc(C23CCN(CCc4ccccc4)CC2Cc2c([nH]c4ccccc24)C3)c1. The van der Waals surface area contributed by atoms with Crippen LogP contribution in [0.2, 0.25) is 0 Å². The van der Waals surface area contributed by atoms with E-state index in [1.165, 1.54) is 34.1 Å². The summed E-state index contributed by atoms with van der Waals surface area (Å²) in [7, 11) is 1.77. The average molecular weight is 437 g/mol. The molecule has 1 N–H and O–H groups in total. The molecular weight excluding hydrogens is 404 g/mol. The van der Waals surface area contributed by atoms with Gasteiger partial charge in [-0.3, -0.25) is 0 Å². The van der Waals surface area contributed by atoms with Gasteiger partial charge in [0.15, 0.2) is 0 Å². The van der Waals surface area contributed by atoms with Gasteiger partial charge < -0.3 is 14.6 Å². The molecule has 0 radical (unpaired) electrons. The lowest BCUT2D eigenvalue weighted by Gasteiger charge is -2.51. The third kappa shape index (κ3) is 3.65. The fourth-order valence-electron chi connectivity index (χ4n) is 6.38. The molecule has 2 atom stereocenters. The third-order valence-corrected chi connectivity index (χ3v) is 8.18. The fourth-order valence-corrected chi connectivity index (χ4v) is 6.38. The Labute approximate surface area is 196 Å². The minimum atomic E-state index is 0.158. The molecule has 2 aliphatic rings. The van der Waals surface area contributed by atoms with Crippen LogP contribution in [0.25, 0.3) is 10.9 Å². The van der Waals surface area contributed by atoms with Crippen molar-refractivity contribution in [3.05, 3.63) is 101 Å². The monoisotopic (exact) mass is 436 g/mol. The van der Waals surface area contributed by atoms with Gasteiger partial charge in [0.05, 0.1) is 7.11 Å². The highest BCUT2D eigenvalue weighted by Gasteiger charge is 2.48. The van der Waals surface area contributed by atoms with Crippen molar-refractivity contribution in [3.63, 3.8) is 0 Å². The highest BCUT2D eigenvalue weighted by atomic mass is 16.5. The van der Waals surface area contributed by atoms with Crippen LogP contribution in [0.1, 0.15) is 28.8 Å². The molecular formula is C30H32N2O. The number of aromatic nitrogens is 1. The van der Waals surface area contributed by atoms with Crippen LogP contribution in [0.5, 0.6) is 5.75 Å². The molecule has 4 aromatic rings. The molecule has 2 unspecified atom stereocenters. The first-order valence-electron chi connectivity index (χ1n) is 12.2. The number of aromatic amines is 1. The number of likely N-dealkylation sites (tertiary alicyclic amines) is 1. The Morgan fingerprint density at radius 1 is 1.00 bits per heavy atom. The van der Waals surface area contributed by atoms with Crippen molar-refractivity contribution < 1.29 is 4.74 Å². The Balaban J connectivity index is 1.35. The zero-order valence-electron chi connectivity index (χ0n) is 19.4. The number of ether oxygens (including phenoxy) is 1. The van der Waals surface area contributed by atoms with E-state index in [1.807, 2.05) is 0 Å². The molecule has 1 aliphatic heterocycles. The molecule has 3 nitrogen and oxygen atoms in total. The molecule has 1 saturated heterocycles. The van der Waals surface area contributed by atoms with Crippen molar-refractivity contribution in [3.8, 4) is 5.75 Å². The van der Waals surface area contributed by atoms with Gasteiger partial charge in [-0.25, -0.2) is 0 Å². The molecule has 6 rings (SSSR count). The van der Waals surface area contributed by atoms with Crippen molar-refractivity contribution >= 4 is 10.9 Å². The highest BCUT2D eigenvalue weighted by molar-refractivity contribution is 5.85. The summed E-state index contributed by atoms with van der Waals surface area (Å²) in [4.78, 5) is 6.49. The first-order chi connectivity index (χ1) is 16.2. The average Bonchev–Trinajstić information content (AvgIpc) is 3.23. The maximum absolute atomic E-state index is 5.63. The molecule has 0 bridgehead atoms. The van der Waals surface area contributed by atoms with Gasteiger partial charge in [-0.15, -0.1) is 0 Å². The number of fused-ring (bicyclic) bond motifs is 4. The number of H-pyrrole nitrogens is 1. The zero-order valence-corrected chi connectivity index (χ0v) is 19.4. The Hall–Kier alpha value is -3.04. The number of para-hydroxylation sites is 1. The highest BCUT2D eigenvalue weighted by Crippen LogP contribution is 2.49. The van der Waals surface area contributed by atoms with Crippen LogP contribution >= 0.6 is 0 Å². The summed E-state index contributed by atoms with van der Waals surface area (Å²) in [5, 5.41) is 1.41. The maximum atomic E-state index is 5.63. The van der Waals surface area contributed by atoms with Crippen LogP contribution < -0.4 is 4.74 Å². The number of piperidine rings is 1. The van der Waals surface area contributed by atoms with Gasteiger partial charge in [-0.1, -0.05) is 60.7 Å². The maximum Gasteiger partial charge on any atom is 0.119 e. The van der Waals surface area contributed by atoms with Gasteiger partial charge in [0.1, 0.15) is 5.75 Å². The second-order valence-corrected chi connectivity index (χ2v) is 9.88. The van der Waals surface area contributed by atoms with Crippen molar-refractivity contribution in [2.75, 3.05) is 26.7 Å². The Morgan fingerprint density at radius 3 is 2.73 bits per heavy atom. The number of hydrogen-bond acceptors (Lipinski definition) is 2. The molecule has 3 heteroatoms. The molecule has 1 aromatic heterocycles. The molecule has 0 amide bonds. The van der Waals surface area contributed by atoms with Crippen LogP contribution in [0.3, 0.4) is 0 Å². The van der Waals surface area contributed by atoms with E-state index in [4.69, 9.17) is 4.74 Å². The van der Waals surface area contributed by atoms with Crippen LogP contribution in [0, 0.1) is 5.92 Å². The van der Waals surface area contributed by atoms with Gasteiger partial charge in [-0.05, 0) is 73.0 Å². The molecule has 3 aromatic carbocycles. The Bertz CT molecular complexity index is 1260. The van der Waals surface area contributed by atoms with E-state index in [1.54, 1.807) is 12.7 Å². The summed E-state index contributed by atoms with van der Waals surface area (Å²) < 4.78 is 5.63. The van der Waals surface area contributed by atoms with Crippen molar-refractivity contribution in [1.29, 1.82) is 0 Å². The quantitative estimate of drug-likeness (QED) is 0.430. The topological polar surface area (TPSA) is 28.3 Å². The molecule has 33 heavy (non-hydrogen) atoms. The number of nitrogens with zero attached hydrogens (tertiary/aromatic N) is 1. The second-order valence-electron chi connectivity index (χ2n) is 9.88. The fraction of sp³-hybridized carbons (Fsp3) is 0.333. The lowest BCUT2D eigenvalue weighted by Crippen LogP contribution is -2.54. The Morgan fingerprint density at radius 2 is 1.85 bits per heavy atom. The number of hydrogen-bond donors (Lipinski definition) is 1. The lowest BCUT2D eigenvalue weighted by molar-refractivity contribution is 0.0822. The standard InChI is InChI=1S/C30H32N2O/c1-33-25-11-7-10-23(18-25)30-15-17-32(16-14-22-8-3-2-4-9-22)21-24(30)19-27-26-12-5-6-13-28(26)31-29(27)20-30/h2-13,18,24,31H,14-17,19-21H2,1H3. The van der Waals surface area contributed by atoms with E-state index in [0.717, 1.165) is 44.6 Å². The number of nitrogens with one attached hydrogen (secondary N) is 1. The van der Waals surface area contributed by atoms with Crippen molar-refractivity contribution in [2.24, 2.45) is 5.92 Å². The van der Waals surface area contributed by atoms with Crippen LogP contribution in [0.4, 0.5) is 0 Å². The molecule has 1 aliphatic carbocycles. The van der Waals surface area contributed by atoms with E-state index in [0.29, 0.717) is 5.92 Å². The van der Waals surface area contributed by atoms with Gasteiger partial charge in [-0.2, -0.15) is 0 Å². The van der Waals surface area contributed by atoms with Crippen LogP contribution in [-0.4, -0.2) is 36.6 Å². The van der Waals surface area contributed by atoms with E-state index in [2.05, 4.69) is 88.7 Å². The summed E-state index contributed by atoms with van der Waals surface area (Å²) >= 11 is 0. The van der Waals surface area contributed by atoms with Crippen molar-refractivity contribution in [1.82, 2.24) is 9.88 Å². The molecule has 2 heterocycles. The van der Waals surface area contributed by atoms with Gasteiger partial charge >= 0.3 is 0 Å². The summed E-state index contributed by atoms with van der Waals surface area (Å²) in [6.45, 7) is 3.44. The van der Waals surface area contributed by atoms with E-state index in [9.17, 15) is 0 Å². The van der Waals surface area contributed by atoms with E-state index >= 15 is 0 Å². The van der Waals surface area contributed by atoms with E-state index < -0.39 is 0 Å². The summed E-state index contributed by atoms with van der Waals surface area (Å²) in [6.07, 6.45) is 4.53. The predicted octanol–water partition coefficient (Wildman–Crippen LogP) is 5.78. The number of rotatable bonds is 5. The number of methoxy groups -OCH3 is 1. The summed E-state index contributed by atoms with van der Waals surface area (Å²) in [5.41, 5.74) is 7.30.